The largest absolute Gasteiger partial charge is 0.378 e. The molecule has 2 aromatic carbocycles. The summed E-state index contributed by atoms with van der Waals surface area (Å²) in [6.45, 7) is 2.40. The topological polar surface area (TPSA) is 67.4 Å². The number of carbonyl (C=O) groups excluding carboxylic acids is 1. The van der Waals surface area contributed by atoms with E-state index in [0.717, 1.165) is 5.69 Å². The Hall–Kier alpha value is -3.14. The number of rotatable bonds is 3. The summed E-state index contributed by atoms with van der Waals surface area (Å²) in [5.74, 6) is 2.98. The molecule has 1 aromatic heterocycles. The van der Waals surface area contributed by atoms with Crippen LogP contribution in [0.25, 0.3) is 10.9 Å². The Labute approximate surface area is 167 Å². The Morgan fingerprint density at radius 1 is 1.18 bits per heavy atom. The lowest BCUT2D eigenvalue weighted by Crippen LogP contribution is -2.40. The first kappa shape index (κ1) is 18.2. The van der Waals surface area contributed by atoms with Gasteiger partial charge in [0.25, 0.3) is 5.91 Å². The second-order valence-corrected chi connectivity index (χ2v) is 6.68. The Bertz CT molecular complexity index is 1070. The van der Waals surface area contributed by atoms with Crippen molar-refractivity contribution in [2.24, 2.45) is 0 Å². The van der Waals surface area contributed by atoms with E-state index in [2.05, 4.69) is 21.2 Å². The van der Waals surface area contributed by atoms with Gasteiger partial charge < -0.3 is 15.0 Å². The number of fused-ring (bicyclic) bond motifs is 1. The summed E-state index contributed by atoms with van der Waals surface area (Å²) in [6, 6.07) is 10.8. The molecule has 4 rings (SSSR count). The predicted molar refractivity (Wildman–Crippen MR) is 109 cm³/mol. The van der Waals surface area contributed by atoms with Crippen molar-refractivity contribution >= 4 is 40.0 Å². The average molecular weight is 393 g/mol. The smallest absolute Gasteiger partial charge is 0.254 e. The van der Waals surface area contributed by atoms with Crippen LogP contribution >= 0.6 is 11.6 Å². The van der Waals surface area contributed by atoms with Gasteiger partial charge in [-0.1, -0.05) is 17.5 Å². The fraction of sp³-hybridized carbons (Fsp3) is 0.190. The third kappa shape index (κ3) is 3.63. The second-order valence-electron chi connectivity index (χ2n) is 6.30. The number of anilines is 2. The lowest BCUT2D eigenvalue weighted by atomic mass is 10.1. The minimum Gasteiger partial charge on any atom is -0.378 e. The van der Waals surface area contributed by atoms with E-state index < -0.39 is 0 Å². The van der Waals surface area contributed by atoms with Crippen LogP contribution in [0.5, 0.6) is 0 Å². The summed E-state index contributed by atoms with van der Waals surface area (Å²) < 4.78 is 5.29. The number of hydrogen-bond acceptors (Lipinski definition) is 5. The quantitative estimate of drug-likeness (QED) is 0.691. The first-order valence-corrected chi connectivity index (χ1v) is 9.19. The van der Waals surface area contributed by atoms with Crippen molar-refractivity contribution in [1.82, 2.24) is 14.9 Å². The van der Waals surface area contributed by atoms with Gasteiger partial charge in [-0.15, -0.1) is 6.42 Å². The van der Waals surface area contributed by atoms with Crippen molar-refractivity contribution in [2.45, 2.75) is 0 Å². The second kappa shape index (κ2) is 7.85. The molecule has 6 nitrogen and oxygen atoms in total. The predicted octanol–water partition coefficient (Wildman–Crippen LogP) is 3.48. The molecule has 0 unspecified atom stereocenters. The van der Waals surface area contributed by atoms with Crippen LogP contribution < -0.4 is 5.32 Å². The number of ether oxygens (including phenoxy) is 1. The number of amides is 1. The van der Waals surface area contributed by atoms with Crippen LogP contribution in [0.2, 0.25) is 5.02 Å². The minimum absolute atomic E-state index is 0.00997. The molecule has 2 heterocycles. The van der Waals surface area contributed by atoms with Crippen LogP contribution in [0.3, 0.4) is 0 Å². The fourth-order valence-corrected chi connectivity index (χ4v) is 3.28. The van der Waals surface area contributed by atoms with Gasteiger partial charge >= 0.3 is 0 Å². The van der Waals surface area contributed by atoms with Crippen molar-refractivity contribution in [2.75, 3.05) is 31.6 Å². The molecular weight excluding hydrogens is 376 g/mol. The highest BCUT2D eigenvalue weighted by Crippen LogP contribution is 2.26. The number of nitrogens with zero attached hydrogens (tertiary/aromatic N) is 3. The van der Waals surface area contributed by atoms with Gasteiger partial charge in [0.1, 0.15) is 0 Å². The number of halogens is 1. The van der Waals surface area contributed by atoms with Gasteiger partial charge in [0.2, 0.25) is 5.95 Å². The average Bonchev–Trinajstić information content (AvgIpc) is 2.75. The molecule has 0 saturated carbocycles. The SMILES string of the molecule is C#Cc1ccc2nc(Nc3ccc(C(=O)N4CCOCC4)cc3)ncc2c1Cl. The maximum atomic E-state index is 12.5. The van der Waals surface area contributed by atoms with E-state index in [4.69, 9.17) is 22.8 Å². The summed E-state index contributed by atoms with van der Waals surface area (Å²) in [4.78, 5) is 23.1. The molecule has 1 fully saturated rings. The first-order chi connectivity index (χ1) is 13.7. The zero-order valence-corrected chi connectivity index (χ0v) is 15.7. The number of benzene rings is 2. The van der Waals surface area contributed by atoms with Gasteiger partial charge in [0.15, 0.2) is 0 Å². The molecule has 28 heavy (non-hydrogen) atoms. The molecule has 0 aliphatic carbocycles. The van der Waals surface area contributed by atoms with E-state index in [0.29, 0.717) is 59.3 Å². The van der Waals surface area contributed by atoms with Crippen molar-refractivity contribution in [3.8, 4) is 12.3 Å². The highest BCUT2D eigenvalue weighted by molar-refractivity contribution is 6.36. The van der Waals surface area contributed by atoms with Gasteiger partial charge in [-0.05, 0) is 36.4 Å². The van der Waals surface area contributed by atoms with E-state index in [1.807, 2.05) is 18.2 Å². The molecule has 0 radical (unpaired) electrons. The fourth-order valence-electron chi connectivity index (χ4n) is 3.02. The molecule has 7 heteroatoms. The number of carbonyl (C=O) groups is 1. The molecule has 1 aliphatic rings. The Balaban J connectivity index is 1.51. The molecule has 1 amide bonds. The Morgan fingerprint density at radius 3 is 2.64 bits per heavy atom. The van der Waals surface area contributed by atoms with Crippen LogP contribution in [0.4, 0.5) is 11.6 Å². The highest BCUT2D eigenvalue weighted by atomic mass is 35.5. The summed E-state index contributed by atoms with van der Waals surface area (Å²) in [5, 5.41) is 4.31. The van der Waals surface area contributed by atoms with Crippen LogP contribution in [0.1, 0.15) is 15.9 Å². The number of nitrogens with one attached hydrogen (secondary N) is 1. The lowest BCUT2D eigenvalue weighted by molar-refractivity contribution is 0.0303. The molecule has 0 atom stereocenters. The molecule has 0 bridgehead atoms. The van der Waals surface area contributed by atoms with E-state index in [1.165, 1.54) is 0 Å². The van der Waals surface area contributed by atoms with Gasteiger partial charge in [-0.2, -0.15) is 0 Å². The molecular formula is C21H17ClN4O2. The Kier molecular flexibility index (Phi) is 5.11. The summed E-state index contributed by atoms with van der Waals surface area (Å²) in [7, 11) is 0. The van der Waals surface area contributed by atoms with E-state index in [-0.39, 0.29) is 5.91 Å². The van der Waals surface area contributed by atoms with E-state index >= 15 is 0 Å². The van der Waals surface area contributed by atoms with Crippen LogP contribution in [-0.4, -0.2) is 47.1 Å². The Morgan fingerprint density at radius 2 is 1.93 bits per heavy atom. The summed E-state index contributed by atoms with van der Waals surface area (Å²) >= 11 is 6.28. The number of morpholine rings is 1. The maximum Gasteiger partial charge on any atom is 0.254 e. The third-order valence-corrected chi connectivity index (χ3v) is 4.95. The monoisotopic (exact) mass is 392 g/mol. The lowest BCUT2D eigenvalue weighted by Gasteiger charge is -2.26. The van der Waals surface area contributed by atoms with Gasteiger partial charge in [-0.25, -0.2) is 9.97 Å². The minimum atomic E-state index is 0.00997. The molecule has 0 spiro atoms. The van der Waals surface area contributed by atoms with E-state index in [1.54, 1.807) is 29.3 Å². The normalized spacial score (nSPS) is 13.9. The van der Waals surface area contributed by atoms with Crippen LogP contribution in [0, 0.1) is 12.3 Å². The molecule has 1 saturated heterocycles. The number of terminal acetylenes is 1. The van der Waals surface area contributed by atoms with Crippen molar-refractivity contribution in [3.05, 3.63) is 58.7 Å². The van der Waals surface area contributed by atoms with E-state index in [9.17, 15) is 4.79 Å². The van der Waals surface area contributed by atoms with Crippen molar-refractivity contribution in [1.29, 1.82) is 0 Å². The third-order valence-electron chi connectivity index (χ3n) is 4.54. The summed E-state index contributed by atoms with van der Waals surface area (Å²) in [6.07, 6.45) is 7.08. The van der Waals surface area contributed by atoms with Crippen molar-refractivity contribution < 1.29 is 9.53 Å². The summed E-state index contributed by atoms with van der Waals surface area (Å²) in [5.41, 5.74) is 2.73. The highest BCUT2D eigenvalue weighted by Gasteiger charge is 2.18. The zero-order valence-electron chi connectivity index (χ0n) is 15.0. The maximum absolute atomic E-state index is 12.5. The van der Waals surface area contributed by atoms with Gasteiger partial charge in [0, 0.05) is 41.5 Å². The molecule has 3 aromatic rings. The number of aromatic nitrogens is 2. The standard InChI is InChI=1S/C21H17ClN4O2/c1-2-14-5-8-18-17(19(14)22)13-23-21(25-18)24-16-6-3-15(4-7-16)20(27)26-9-11-28-12-10-26/h1,3-8,13H,9-12H2,(H,23,24,25). The van der Waals surface area contributed by atoms with Gasteiger partial charge in [0.05, 0.1) is 23.8 Å². The zero-order chi connectivity index (χ0) is 19.5. The van der Waals surface area contributed by atoms with Gasteiger partial charge in [-0.3, -0.25) is 4.79 Å². The van der Waals surface area contributed by atoms with Crippen LogP contribution in [-0.2, 0) is 4.74 Å². The van der Waals surface area contributed by atoms with Crippen LogP contribution in [0.15, 0.2) is 42.6 Å². The number of hydrogen-bond donors (Lipinski definition) is 1. The first-order valence-electron chi connectivity index (χ1n) is 8.81. The molecule has 140 valence electrons. The molecule has 1 aliphatic heterocycles. The van der Waals surface area contributed by atoms with Crippen molar-refractivity contribution in [3.63, 3.8) is 0 Å². The molecule has 1 N–H and O–H groups in total.